The Hall–Kier alpha value is -0.820. The van der Waals surface area contributed by atoms with Gasteiger partial charge in [-0.25, -0.2) is 13.1 Å². The van der Waals surface area contributed by atoms with Gasteiger partial charge in [-0.3, -0.25) is 0 Å². The van der Waals surface area contributed by atoms with Crippen LogP contribution in [0, 0.1) is 5.92 Å². The molecule has 0 atom stereocenters. The summed E-state index contributed by atoms with van der Waals surface area (Å²) in [4.78, 5) is 0.126. The minimum absolute atomic E-state index is 0.0758. The molecule has 0 spiro atoms. The summed E-state index contributed by atoms with van der Waals surface area (Å²) in [6.07, 6.45) is 6.68. The lowest BCUT2D eigenvalue weighted by molar-refractivity contribution is 0.294. The van der Waals surface area contributed by atoms with Crippen LogP contribution in [0.3, 0.4) is 0 Å². The lowest BCUT2D eigenvalue weighted by Gasteiger charge is -2.27. The van der Waals surface area contributed by atoms with Crippen molar-refractivity contribution in [2.24, 2.45) is 11.7 Å². The number of rotatable bonds is 7. The normalized spacial score (nSPS) is 24.8. The van der Waals surface area contributed by atoms with E-state index in [1.54, 1.807) is 12.1 Å². The molecule has 2 saturated carbocycles. The lowest BCUT2D eigenvalue weighted by atomic mass is 9.93. The summed E-state index contributed by atoms with van der Waals surface area (Å²) < 4.78 is 34.1. The minimum Gasteiger partial charge on any atom is -0.492 e. The molecule has 3 rings (SSSR count). The molecule has 2 aliphatic carbocycles. The third kappa shape index (κ3) is 4.85. The van der Waals surface area contributed by atoms with Gasteiger partial charge in [-0.15, -0.1) is 0 Å². The first-order chi connectivity index (χ1) is 11.4. The predicted molar refractivity (Wildman–Crippen MR) is 94.8 cm³/mol. The molecule has 0 aliphatic heterocycles. The highest BCUT2D eigenvalue weighted by atomic mass is 35.5. The van der Waals surface area contributed by atoms with Crippen LogP contribution < -0.4 is 15.2 Å². The molecule has 1 aromatic rings. The Morgan fingerprint density at radius 3 is 2.54 bits per heavy atom. The van der Waals surface area contributed by atoms with Gasteiger partial charge in [-0.2, -0.15) is 0 Å². The fourth-order valence-electron chi connectivity index (χ4n) is 3.07. The van der Waals surface area contributed by atoms with E-state index in [0.29, 0.717) is 17.4 Å². The van der Waals surface area contributed by atoms with Crippen molar-refractivity contribution in [1.29, 1.82) is 0 Å². The quantitative estimate of drug-likeness (QED) is 0.770. The maximum atomic E-state index is 12.8. The van der Waals surface area contributed by atoms with Crippen LogP contribution in [0.15, 0.2) is 23.1 Å². The van der Waals surface area contributed by atoms with Crippen molar-refractivity contribution in [3.05, 3.63) is 23.2 Å². The van der Waals surface area contributed by atoms with E-state index in [-0.39, 0.29) is 17.0 Å². The Morgan fingerprint density at radius 1 is 1.17 bits per heavy atom. The van der Waals surface area contributed by atoms with Gasteiger partial charge in [0.25, 0.3) is 0 Å². The highest BCUT2D eigenvalue weighted by molar-refractivity contribution is 7.89. The first-order valence-corrected chi connectivity index (χ1v) is 10.5. The van der Waals surface area contributed by atoms with Crippen LogP contribution >= 0.6 is 11.6 Å². The number of hydrogen-bond acceptors (Lipinski definition) is 4. The second kappa shape index (κ2) is 7.60. The molecule has 1 aromatic carbocycles. The number of sulfonamides is 1. The summed E-state index contributed by atoms with van der Waals surface area (Å²) >= 11 is 6.01. The van der Waals surface area contributed by atoms with Crippen LogP contribution in [-0.4, -0.2) is 27.1 Å². The molecule has 0 radical (unpaired) electrons. The van der Waals surface area contributed by atoms with E-state index in [1.807, 2.05) is 0 Å². The number of nitrogens with two attached hydrogens (primary N) is 1. The molecule has 2 aliphatic rings. The van der Waals surface area contributed by atoms with E-state index in [4.69, 9.17) is 22.1 Å². The fourth-order valence-corrected chi connectivity index (χ4v) is 4.79. The molecule has 24 heavy (non-hydrogen) atoms. The van der Waals surface area contributed by atoms with Gasteiger partial charge in [0.2, 0.25) is 10.0 Å². The minimum atomic E-state index is -3.67. The van der Waals surface area contributed by atoms with E-state index < -0.39 is 10.0 Å². The van der Waals surface area contributed by atoms with Gasteiger partial charge in [0.1, 0.15) is 10.6 Å². The molecule has 5 nitrogen and oxygen atoms in total. The molecule has 0 amide bonds. The van der Waals surface area contributed by atoms with Crippen molar-refractivity contribution >= 4 is 21.6 Å². The summed E-state index contributed by atoms with van der Waals surface area (Å²) in [5.41, 5.74) is 5.89. The molecule has 3 N–H and O–H groups in total. The Balaban J connectivity index is 1.71. The van der Waals surface area contributed by atoms with Gasteiger partial charge in [0.05, 0.1) is 6.61 Å². The van der Waals surface area contributed by atoms with Crippen LogP contribution in [0.4, 0.5) is 0 Å². The van der Waals surface area contributed by atoms with Gasteiger partial charge in [-0.1, -0.05) is 24.4 Å². The lowest BCUT2D eigenvalue weighted by Crippen LogP contribution is -2.40. The van der Waals surface area contributed by atoms with Gasteiger partial charge < -0.3 is 10.5 Å². The van der Waals surface area contributed by atoms with Crippen LogP contribution in [0.25, 0.3) is 0 Å². The molecule has 7 heteroatoms. The topological polar surface area (TPSA) is 81.4 Å². The molecule has 2 fully saturated rings. The first kappa shape index (κ1) is 18.0. The highest BCUT2D eigenvalue weighted by Crippen LogP contribution is 2.33. The Morgan fingerprint density at radius 2 is 1.88 bits per heavy atom. The van der Waals surface area contributed by atoms with E-state index >= 15 is 0 Å². The fraction of sp³-hybridized carbons (Fsp3) is 0.647. The molecule has 0 heterocycles. The molecular formula is C17H25ClN2O3S. The monoisotopic (exact) mass is 372 g/mol. The van der Waals surface area contributed by atoms with E-state index in [1.165, 1.54) is 18.9 Å². The second-order valence-corrected chi connectivity index (χ2v) is 9.02. The van der Waals surface area contributed by atoms with Crippen molar-refractivity contribution in [1.82, 2.24) is 4.72 Å². The zero-order chi connectivity index (χ0) is 17.2. The molecule has 0 unspecified atom stereocenters. The maximum Gasteiger partial charge on any atom is 0.244 e. The third-order valence-electron chi connectivity index (χ3n) is 4.77. The van der Waals surface area contributed by atoms with Crippen molar-refractivity contribution in [2.45, 2.75) is 61.9 Å². The summed E-state index contributed by atoms with van der Waals surface area (Å²) in [7, 11) is -3.67. The average molecular weight is 373 g/mol. The number of halogens is 1. The zero-order valence-corrected chi connectivity index (χ0v) is 15.3. The summed E-state index contributed by atoms with van der Waals surface area (Å²) in [6.45, 7) is 0.535. The van der Waals surface area contributed by atoms with Crippen molar-refractivity contribution < 1.29 is 13.2 Å². The largest absolute Gasteiger partial charge is 0.492 e. The van der Waals surface area contributed by atoms with E-state index in [9.17, 15) is 8.42 Å². The van der Waals surface area contributed by atoms with Crippen LogP contribution in [0.1, 0.15) is 44.9 Å². The third-order valence-corrected chi connectivity index (χ3v) is 6.55. The maximum absolute atomic E-state index is 12.8. The molecule has 0 aromatic heterocycles. The highest BCUT2D eigenvalue weighted by Gasteiger charge is 2.27. The van der Waals surface area contributed by atoms with Crippen molar-refractivity contribution in [3.8, 4) is 5.75 Å². The molecular weight excluding hydrogens is 348 g/mol. The Kier molecular flexibility index (Phi) is 5.70. The van der Waals surface area contributed by atoms with E-state index in [0.717, 1.165) is 38.0 Å². The average Bonchev–Trinajstić information content (AvgIpc) is 3.35. The summed E-state index contributed by atoms with van der Waals surface area (Å²) in [5.74, 6) is 1.11. The van der Waals surface area contributed by atoms with Crippen LogP contribution in [0.2, 0.25) is 5.02 Å². The molecule has 134 valence electrons. The van der Waals surface area contributed by atoms with Gasteiger partial charge in [-0.05, 0) is 56.2 Å². The van der Waals surface area contributed by atoms with Crippen LogP contribution in [0.5, 0.6) is 5.75 Å². The predicted octanol–water partition coefficient (Wildman–Crippen LogP) is 3.07. The standard InChI is InChI=1S/C17H25ClN2O3S/c18-13-3-8-16(23-10-9-12-1-2-12)17(11-13)24(21,22)20-15-6-4-14(19)5-7-15/h3,8,11-12,14-15,20H,1-2,4-7,9-10,19H2. The second-order valence-electron chi connectivity index (χ2n) is 6.90. The Bertz CT molecular complexity index is 668. The van der Waals surface area contributed by atoms with Gasteiger partial charge in [0, 0.05) is 17.1 Å². The van der Waals surface area contributed by atoms with Gasteiger partial charge in [0.15, 0.2) is 0 Å². The molecule has 0 bridgehead atoms. The number of benzene rings is 1. The smallest absolute Gasteiger partial charge is 0.244 e. The van der Waals surface area contributed by atoms with Crippen LogP contribution in [-0.2, 0) is 10.0 Å². The summed E-state index contributed by atoms with van der Waals surface area (Å²) in [6, 6.07) is 4.87. The van der Waals surface area contributed by atoms with Crippen molar-refractivity contribution in [2.75, 3.05) is 6.61 Å². The molecule has 0 saturated heterocycles. The number of hydrogen-bond donors (Lipinski definition) is 2. The van der Waals surface area contributed by atoms with Crippen molar-refractivity contribution in [3.63, 3.8) is 0 Å². The van der Waals surface area contributed by atoms with Gasteiger partial charge >= 0.3 is 0 Å². The summed E-state index contributed by atoms with van der Waals surface area (Å²) in [5, 5.41) is 0.385. The van der Waals surface area contributed by atoms with E-state index in [2.05, 4.69) is 4.72 Å². The number of ether oxygens (including phenoxy) is 1. The first-order valence-electron chi connectivity index (χ1n) is 8.64. The number of nitrogens with one attached hydrogen (secondary N) is 1. The zero-order valence-electron chi connectivity index (χ0n) is 13.7. The Labute approximate surface area is 149 Å². The SMILES string of the molecule is NC1CCC(NS(=O)(=O)c2cc(Cl)ccc2OCCC2CC2)CC1.